The third-order valence-corrected chi connectivity index (χ3v) is 6.71. The first-order valence-corrected chi connectivity index (χ1v) is 12.6. The van der Waals surface area contributed by atoms with Gasteiger partial charge in [0.05, 0.1) is 17.6 Å². The van der Waals surface area contributed by atoms with Crippen molar-refractivity contribution in [2.45, 2.75) is 24.8 Å². The summed E-state index contributed by atoms with van der Waals surface area (Å²) in [7, 11) is 0. The van der Waals surface area contributed by atoms with Crippen molar-refractivity contribution in [3.63, 3.8) is 0 Å². The first-order valence-electron chi connectivity index (χ1n) is 11.6. The summed E-state index contributed by atoms with van der Waals surface area (Å²) in [6.45, 7) is 5.49. The second kappa shape index (κ2) is 10.3. The van der Waals surface area contributed by atoms with Crippen molar-refractivity contribution < 1.29 is 14.0 Å². The van der Waals surface area contributed by atoms with Gasteiger partial charge in [0.15, 0.2) is 16.6 Å². The normalized spacial score (nSPS) is 13.7. The number of piperazine rings is 1. The average molecular weight is 504 g/mol. The summed E-state index contributed by atoms with van der Waals surface area (Å²) in [5.74, 6) is 0.336. The van der Waals surface area contributed by atoms with Crippen molar-refractivity contribution in [1.82, 2.24) is 34.8 Å². The van der Waals surface area contributed by atoms with Crippen LogP contribution >= 0.6 is 11.8 Å². The first-order chi connectivity index (χ1) is 17.5. The van der Waals surface area contributed by atoms with E-state index >= 15 is 0 Å². The lowest BCUT2D eigenvalue weighted by Gasteiger charge is -2.34. The molecule has 3 aromatic heterocycles. The molecule has 4 aromatic rings. The van der Waals surface area contributed by atoms with Gasteiger partial charge in [-0.15, -0.1) is 5.10 Å². The molecule has 5 rings (SSSR count). The quantitative estimate of drug-likeness (QED) is 0.292. The highest BCUT2D eigenvalue weighted by atomic mass is 32.2. The van der Waals surface area contributed by atoms with Gasteiger partial charge in [-0.1, -0.05) is 35.2 Å². The molecule has 11 heteroatoms. The van der Waals surface area contributed by atoms with Gasteiger partial charge in [-0.05, 0) is 44.2 Å². The molecule has 0 saturated carbocycles. The van der Waals surface area contributed by atoms with E-state index in [1.807, 2.05) is 50.2 Å². The van der Waals surface area contributed by atoms with Crippen molar-refractivity contribution in [3.05, 3.63) is 83.3 Å². The molecule has 184 valence electrons. The highest BCUT2D eigenvalue weighted by Gasteiger charge is 2.30. The Balaban J connectivity index is 1.36. The Kier molecular flexibility index (Phi) is 6.81. The van der Waals surface area contributed by atoms with Gasteiger partial charge in [0.1, 0.15) is 0 Å². The molecule has 1 aliphatic heterocycles. The van der Waals surface area contributed by atoms with E-state index in [-0.39, 0.29) is 11.8 Å². The number of hydrogen-bond acceptors (Lipinski definition) is 8. The zero-order valence-corrected chi connectivity index (χ0v) is 20.8. The fourth-order valence-electron chi connectivity index (χ4n) is 4.08. The number of para-hydroxylation sites is 1. The van der Waals surface area contributed by atoms with E-state index in [2.05, 4.69) is 20.3 Å². The van der Waals surface area contributed by atoms with Crippen LogP contribution in [0.3, 0.4) is 0 Å². The van der Waals surface area contributed by atoms with E-state index in [1.54, 1.807) is 26.6 Å². The van der Waals surface area contributed by atoms with Crippen LogP contribution in [0.5, 0.6) is 0 Å². The zero-order chi connectivity index (χ0) is 25.1. The third-order valence-electron chi connectivity index (χ3n) is 5.85. The van der Waals surface area contributed by atoms with Crippen molar-refractivity contribution in [2.24, 2.45) is 0 Å². The van der Waals surface area contributed by atoms with Crippen LogP contribution < -0.4 is 0 Å². The van der Waals surface area contributed by atoms with E-state index in [1.165, 1.54) is 18.0 Å². The number of benzene rings is 1. The van der Waals surface area contributed by atoms with Crippen LogP contribution in [0.25, 0.3) is 5.69 Å². The van der Waals surface area contributed by atoms with Gasteiger partial charge in [0, 0.05) is 43.3 Å². The van der Waals surface area contributed by atoms with E-state index in [0.29, 0.717) is 54.2 Å². The Morgan fingerprint density at radius 2 is 1.58 bits per heavy atom. The molecule has 0 N–H and O–H groups in total. The third kappa shape index (κ3) is 5.01. The fraction of sp³-hybridized carbons (Fsp3) is 0.280. The molecule has 36 heavy (non-hydrogen) atoms. The molecule has 1 aromatic carbocycles. The molecule has 0 atom stereocenters. The number of rotatable bonds is 6. The molecule has 10 nitrogen and oxygen atoms in total. The Morgan fingerprint density at radius 3 is 2.22 bits per heavy atom. The van der Waals surface area contributed by atoms with Crippen molar-refractivity contribution in [1.29, 1.82) is 0 Å². The first kappa shape index (κ1) is 23.7. The number of aromatic nitrogens is 5. The van der Waals surface area contributed by atoms with Crippen molar-refractivity contribution in [3.8, 4) is 5.69 Å². The lowest BCUT2D eigenvalue weighted by Crippen LogP contribution is -2.50. The van der Waals surface area contributed by atoms with Gasteiger partial charge in [-0.2, -0.15) is 0 Å². The van der Waals surface area contributed by atoms with Crippen molar-refractivity contribution >= 4 is 23.6 Å². The topological polar surface area (TPSA) is 110 Å². The number of amides is 2. The second-order valence-corrected chi connectivity index (χ2v) is 9.36. The lowest BCUT2D eigenvalue weighted by atomic mass is 10.2. The number of carbonyl (C=O) groups excluding carboxylic acids is 2. The molecule has 0 unspecified atom stereocenters. The molecule has 2 amide bonds. The molecule has 1 aliphatic rings. The predicted molar refractivity (Wildman–Crippen MR) is 133 cm³/mol. The molecule has 4 heterocycles. The van der Waals surface area contributed by atoms with Crippen LogP contribution in [-0.4, -0.2) is 72.8 Å². The minimum absolute atomic E-state index is 0.173. The number of aryl methyl sites for hydroxylation is 2. The summed E-state index contributed by atoms with van der Waals surface area (Å²) >= 11 is 1.44. The number of carbonyl (C=O) groups is 2. The maximum Gasteiger partial charge on any atom is 0.289 e. The SMILES string of the molecule is Cc1cc(C)nc(SCc2c(C(=O)N3CCN(C(=O)c4ccco4)CC3)nnn2-c2ccccc2)n1. The molecule has 0 spiro atoms. The number of thioether (sulfide) groups is 1. The van der Waals surface area contributed by atoms with Crippen LogP contribution in [0.4, 0.5) is 0 Å². The Morgan fingerprint density at radius 1 is 0.917 bits per heavy atom. The molecular weight excluding hydrogens is 478 g/mol. The van der Waals surface area contributed by atoms with Crippen LogP contribution in [0, 0.1) is 13.8 Å². The largest absolute Gasteiger partial charge is 0.459 e. The maximum absolute atomic E-state index is 13.5. The van der Waals surface area contributed by atoms with Gasteiger partial charge in [0.25, 0.3) is 11.8 Å². The Hall–Kier alpha value is -3.99. The molecule has 1 saturated heterocycles. The van der Waals surface area contributed by atoms with E-state index in [4.69, 9.17) is 4.42 Å². The lowest BCUT2D eigenvalue weighted by molar-refractivity contribution is 0.0514. The minimum Gasteiger partial charge on any atom is -0.459 e. The summed E-state index contributed by atoms with van der Waals surface area (Å²) in [5, 5.41) is 9.23. The van der Waals surface area contributed by atoms with Gasteiger partial charge in [0.2, 0.25) is 0 Å². The molecule has 0 aliphatic carbocycles. The van der Waals surface area contributed by atoms with Gasteiger partial charge < -0.3 is 14.2 Å². The molecule has 0 radical (unpaired) electrons. The van der Waals surface area contributed by atoms with E-state index in [9.17, 15) is 9.59 Å². The highest BCUT2D eigenvalue weighted by Crippen LogP contribution is 2.25. The van der Waals surface area contributed by atoms with Crippen LogP contribution in [0.1, 0.15) is 38.1 Å². The van der Waals surface area contributed by atoms with Crippen LogP contribution in [0.2, 0.25) is 0 Å². The zero-order valence-electron chi connectivity index (χ0n) is 20.0. The smallest absolute Gasteiger partial charge is 0.289 e. The Bertz CT molecular complexity index is 1340. The summed E-state index contributed by atoms with van der Waals surface area (Å²) in [5.41, 5.74) is 3.56. The van der Waals surface area contributed by atoms with Gasteiger partial charge in [-0.25, -0.2) is 14.6 Å². The maximum atomic E-state index is 13.5. The monoisotopic (exact) mass is 503 g/mol. The fourth-order valence-corrected chi connectivity index (χ4v) is 5.03. The summed E-state index contributed by atoms with van der Waals surface area (Å²) in [4.78, 5) is 38.5. The second-order valence-electron chi connectivity index (χ2n) is 8.42. The number of nitrogens with zero attached hydrogens (tertiary/aromatic N) is 7. The van der Waals surface area contributed by atoms with E-state index in [0.717, 1.165) is 17.1 Å². The Labute approximate surface area is 212 Å². The highest BCUT2D eigenvalue weighted by molar-refractivity contribution is 7.98. The number of hydrogen-bond donors (Lipinski definition) is 0. The van der Waals surface area contributed by atoms with Crippen LogP contribution in [0.15, 0.2) is 64.4 Å². The predicted octanol–water partition coefficient (Wildman–Crippen LogP) is 3.16. The van der Waals surface area contributed by atoms with Crippen LogP contribution in [-0.2, 0) is 5.75 Å². The summed E-state index contributed by atoms with van der Waals surface area (Å²) in [6, 6.07) is 14.8. The molecular formula is C25H25N7O3S. The average Bonchev–Trinajstić information content (AvgIpc) is 3.57. The minimum atomic E-state index is -0.209. The summed E-state index contributed by atoms with van der Waals surface area (Å²) in [6.07, 6.45) is 1.48. The molecule has 0 bridgehead atoms. The molecule has 1 fully saturated rings. The standard InChI is InChI=1S/C25H25N7O3S/c1-17-15-18(2)27-25(26-17)36-16-20-22(28-29-32(20)19-7-4-3-5-8-19)24(34)31-12-10-30(11-13-31)23(33)21-9-6-14-35-21/h3-9,14-15H,10-13,16H2,1-2H3. The van der Waals surface area contributed by atoms with Gasteiger partial charge in [-0.3, -0.25) is 9.59 Å². The summed E-state index contributed by atoms with van der Waals surface area (Å²) < 4.78 is 6.92. The number of furan rings is 1. The van der Waals surface area contributed by atoms with Crippen molar-refractivity contribution in [2.75, 3.05) is 26.2 Å². The van der Waals surface area contributed by atoms with E-state index < -0.39 is 0 Å². The van der Waals surface area contributed by atoms with Gasteiger partial charge >= 0.3 is 0 Å².